The molecule has 3 aromatic rings. The second-order valence-electron chi connectivity index (χ2n) is 12.7. The number of benzene rings is 1. The Hall–Kier alpha value is -3.39. The molecule has 13 heteroatoms. The van der Waals surface area contributed by atoms with Crippen LogP contribution in [0.2, 0.25) is 0 Å². The maximum Gasteiger partial charge on any atom is 0.248 e. The van der Waals surface area contributed by atoms with E-state index in [2.05, 4.69) is 31.3 Å². The number of anilines is 1. The summed E-state index contributed by atoms with van der Waals surface area (Å²) in [5.74, 6) is 0.687. The number of ketones is 1. The van der Waals surface area contributed by atoms with Crippen LogP contribution in [0.5, 0.6) is 5.75 Å². The summed E-state index contributed by atoms with van der Waals surface area (Å²) in [6.45, 7) is 6.23. The molecule has 7 atom stereocenters. The van der Waals surface area contributed by atoms with Gasteiger partial charge < -0.3 is 29.5 Å². The minimum Gasteiger partial charge on any atom is -0.485 e. The lowest BCUT2D eigenvalue weighted by Crippen LogP contribution is -2.46. The minimum atomic E-state index is -0.684. The van der Waals surface area contributed by atoms with Crippen LogP contribution in [0.25, 0.3) is 10.9 Å². The van der Waals surface area contributed by atoms with E-state index in [4.69, 9.17) is 14.2 Å². The second kappa shape index (κ2) is 11.8. The van der Waals surface area contributed by atoms with Crippen molar-refractivity contribution < 1.29 is 33.7 Å². The number of hydrogen-bond acceptors (Lipinski definition) is 9. The van der Waals surface area contributed by atoms with Gasteiger partial charge in [0.05, 0.1) is 18.7 Å². The molecule has 4 aliphatic rings. The van der Waals surface area contributed by atoms with Crippen LogP contribution in [0.15, 0.2) is 34.9 Å². The normalized spacial score (nSPS) is 29.3. The number of carbonyl (C=O) groups excluding carboxylic acids is 3. The number of Topliss-reactive ketones (excluding diaryl/α,β-unsaturated/α-hetero) is 1. The second-order valence-corrected chi connectivity index (χ2v) is 13.5. The van der Waals surface area contributed by atoms with Gasteiger partial charge in [-0.1, -0.05) is 19.9 Å². The highest BCUT2D eigenvalue weighted by atomic mass is 79.9. The van der Waals surface area contributed by atoms with Gasteiger partial charge in [0, 0.05) is 18.9 Å². The van der Waals surface area contributed by atoms with Crippen molar-refractivity contribution in [1.82, 2.24) is 19.7 Å². The van der Waals surface area contributed by atoms with E-state index in [0.29, 0.717) is 39.5 Å². The number of likely N-dealkylation sites (tertiary alicyclic amines) is 1. The Bertz CT molecular complexity index is 1670. The maximum atomic E-state index is 13.9. The maximum absolute atomic E-state index is 13.9. The molecule has 0 bridgehead atoms. The number of amides is 2. The predicted octanol–water partition coefficient (Wildman–Crippen LogP) is 3.30. The molecule has 5 heterocycles. The van der Waals surface area contributed by atoms with Crippen molar-refractivity contribution in [2.24, 2.45) is 11.8 Å². The molecule has 0 spiro atoms. The molecule has 1 saturated carbocycles. The summed E-state index contributed by atoms with van der Waals surface area (Å²) in [7, 11) is 0. The molecular weight excluding hydrogens is 646 g/mol. The number of nitrogens with one attached hydrogen (secondary N) is 1. The van der Waals surface area contributed by atoms with Crippen molar-refractivity contribution >= 4 is 50.2 Å². The largest absolute Gasteiger partial charge is 0.485 e. The van der Waals surface area contributed by atoms with Gasteiger partial charge >= 0.3 is 0 Å². The van der Waals surface area contributed by atoms with Crippen molar-refractivity contribution in [2.75, 3.05) is 25.1 Å². The molecule has 238 valence electrons. The number of pyridine rings is 1. The molecule has 1 aromatic carbocycles. The third-order valence-electron chi connectivity index (χ3n) is 9.57. The number of ether oxygens (including phenoxy) is 3. The van der Waals surface area contributed by atoms with Gasteiger partial charge in [0.2, 0.25) is 11.8 Å². The Morgan fingerprint density at radius 1 is 1.11 bits per heavy atom. The van der Waals surface area contributed by atoms with Crippen LogP contribution in [-0.4, -0.2) is 92.6 Å². The van der Waals surface area contributed by atoms with Gasteiger partial charge in [-0.05, 0) is 76.4 Å². The van der Waals surface area contributed by atoms with Gasteiger partial charge in [0.15, 0.2) is 11.9 Å². The van der Waals surface area contributed by atoms with E-state index >= 15 is 0 Å². The lowest BCUT2D eigenvalue weighted by molar-refractivity contribution is -0.138. The van der Waals surface area contributed by atoms with Crippen LogP contribution in [-0.2, 0) is 25.6 Å². The van der Waals surface area contributed by atoms with E-state index in [1.165, 1.54) is 11.6 Å². The summed E-state index contributed by atoms with van der Waals surface area (Å²) in [5.41, 5.74) is 1.84. The highest BCUT2D eigenvalue weighted by Gasteiger charge is 2.48. The Labute approximate surface area is 268 Å². The molecule has 2 N–H and O–H groups in total. The summed E-state index contributed by atoms with van der Waals surface area (Å²) >= 11 is 3.41. The number of nitrogens with zero attached hydrogens (tertiary/aromatic N) is 4. The average Bonchev–Trinajstić information content (AvgIpc) is 3.36. The van der Waals surface area contributed by atoms with Crippen LogP contribution < -0.4 is 10.1 Å². The molecule has 7 rings (SSSR count). The quantitative estimate of drug-likeness (QED) is 0.270. The van der Waals surface area contributed by atoms with E-state index in [0.717, 1.165) is 18.4 Å². The Morgan fingerprint density at radius 3 is 2.64 bits per heavy atom. The van der Waals surface area contributed by atoms with E-state index in [1.807, 2.05) is 26.0 Å². The van der Waals surface area contributed by atoms with E-state index < -0.39 is 24.4 Å². The number of rotatable bonds is 8. The molecular formula is C32H36BrN5O7. The van der Waals surface area contributed by atoms with Crippen LogP contribution >= 0.6 is 15.9 Å². The fourth-order valence-electron chi connectivity index (χ4n) is 6.83. The molecule has 0 radical (unpaired) electrons. The number of halogens is 1. The van der Waals surface area contributed by atoms with E-state index in [1.54, 1.807) is 23.1 Å². The Balaban J connectivity index is 1.11. The fraction of sp³-hybridized carbons (Fsp3) is 0.531. The Kier molecular flexibility index (Phi) is 7.91. The summed E-state index contributed by atoms with van der Waals surface area (Å²) in [4.78, 5) is 46.4. The van der Waals surface area contributed by atoms with Gasteiger partial charge in [-0.15, -0.1) is 0 Å². The standard InChI is InChI=1S/C32H36BrN5O7/c1-15-11-37(28(16(15)2)32(42)35-31-20(18-4-5-18)7-9-25(33)34-31)26(41)12-38-22-8-6-19(10-21(22)27(36-38)17(3)39)45-24-14-44-29-23(40)13-43-30(24)29/h6-10,15-16,18,23-24,28-30,40H,4-5,11-14H2,1-3H3,(H,34,35,42)/t15-,16-,23-,24-,28+,29-,30-/m1/s1. The number of fused-ring (bicyclic) bond motifs is 2. The number of aliphatic hydroxyl groups excluding tert-OH is 1. The van der Waals surface area contributed by atoms with E-state index in [-0.39, 0.29) is 61.0 Å². The lowest BCUT2D eigenvalue weighted by Gasteiger charge is -2.26. The smallest absolute Gasteiger partial charge is 0.248 e. The average molecular weight is 683 g/mol. The third kappa shape index (κ3) is 5.64. The zero-order chi connectivity index (χ0) is 31.6. The van der Waals surface area contributed by atoms with Crippen molar-refractivity contribution in [3.63, 3.8) is 0 Å². The van der Waals surface area contributed by atoms with Crippen LogP contribution in [0.1, 0.15) is 55.6 Å². The molecule has 3 aliphatic heterocycles. The number of aliphatic hydroxyl groups is 1. The fourth-order valence-corrected chi connectivity index (χ4v) is 7.14. The van der Waals surface area contributed by atoms with Gasteiger partial charge in [-0.25, -0.2) is 4.98 Å². The first-order chi connectivity index (χ1) is 21.6. The minimum absolute atomic E-state index is 0.0727. The van der Waals surface area contributed by atoms with Gasteiger partial charge in [0.25, 0.3) is 0 Å². The first-order valence-corrected chi connectivity index (χ1v) is 16.2. The number of carbonyl (C=O) groups is 3. The van der Waals surface area contributed by atoms with E-state index in [9.17, 15) is 19.5 Å². The molecule has 2 amide bonds. The van der Waals surface area contributed by atoms with Crippen molar-refractivity contribution in [3.8, 4) is 5.75 Å². The van der Waals surface area contributed by atoms with Gasteiger partial charge in [0.1, 0.15) is 52.8 Å². The lowest BCUT2D eigenvalue weighted by atomic mass is 9.93. The summed E-state index contributed by atoms with van der Waals surface area (Å²) in [6.07, 6.45) is 0.241. The molecule has 3 saturated heterocycles. The zero-order valence-corrected chi connectivity index (χ0v) is 26.9. The monoisotopic (exact) mass is 681 g/mol. The summed E-state index contributed by atoms with van der Waals surface area (Å²) in [5, 5.41) is 18.2. The molecule has 1 aliphatic carbocycles. The molecule has 4 fully saturated rings. The Morgan fingerprint density at radius 2 is 1.89 bits per heavy atom. The SMILES string of the molecule is CC(=O)c1nn(CC(=O)N2C[C@@H](C)[C@@H](C)[C@H]2C(=O)Nc2nc(Br)ccc2C2CC2)c2ccc(O[C@@H]3CO[C@H]4[C@@H]3OC[C@H]4O)cc12. The first kappa shape index (κ1) is 30.3. The van der Waals surface area contributed by atoms with Crippen LogP contribution in [0, 0.1) is 11.8 Å². The molecule has 2 aromatic heterocycles. The van der Waals surface area contributed by atoms with Crippen molar-refractivity contribution in [1.29, 1.82) is 0 Å². The number of aromatic nitrogens is 3. The van der Waals surface area contributed by atoms with Crippen molar-refractivity contribution in [2.45, 2.75) is 76.5 Å². The zero-order valence-electron chi connectivity index (χ0n) is 25.3. The van der Waals surface area contributed by atoms with Gasteiger partial charge in [-0.2, -0.15) is 5.10 Å². The van der Waals surface area contributed by atoms with Gasteiger partial charge in [-0.3, -0.25) is 19.1 Å². The first-order valence-electron chi connectivity index (χ1n) is 15.4. The predicted molar refractivity (Wildman–Crippen MR) is 166 cm³/mol. The highest BCUT2D eigenvalue weighted by molar-refractivity contribution is 9.10. The highest BCUT2D eigenvalue weighted by Crippen LogP contribution is 2.43. The van der Waals surface area contributed by atoms with Crippen LogP contribution in [0.3, 0.4) is 0 Å². The summed E-state index contributed by atoms with van der Waals surface area (Å²) < 4.78 is 19.7. The van der Waals surface area contributed by atoms with Crippen LogP contribution in [0.4, 0.5) is 5.82 Å². The topological polar surface area (TPSA) is 145 Å². The van der Waals surface area contributed by atoms with Crippen molar-refractivity contribution in [3.05, 3.63) is 46.2 Å². The third-order valence-corrected chi connectivity index (χ3v) is 10.0. The number of hydrogen-bond donors (Lipinski definition) is 2. The molecule has 12 nitrogen and oxygen atoms in total. The molecule has 45 heavy (non-hydrogen) atoms. The molecule has 0 unspecified atom stereocenters. The summed E-state index contributed by atoms with van der Waals surface area (Å²) in [6, 6.07) is 8.45.